The van der Waals surface area contributed by atoms with Gasteiger partial charge in [-0.05, 0) is 42.2 Å². The summed E-state index contributed by atoms with van der Waals surface area (Å²) in [6.45, 7) is 6.14. The molecule has 2 aromatic rings. The summed E-state index contributed by atoms with van der Waals surface area (Å²) < 4.78 is 0. The van der Waals surface area contributed by atoms with E-state index in [0.29, 0.717) is 6.42 Å². The molecule has 0 spiro atoms. The smallest absolute Gasteiger partial charge is 0.269 e. The Hall–Kier alpha value is -2.75. The normalized spacial score (nSPS) is 23.2. The fourth-order valence-corrected chi connectivity index (χ4v) is 3.67. The summed E-state index contributed by atoms with van der Waals surface area (Å²) in [6, 6.07) is 16.3. The number of nitro groups is 1. The van der Waals surface area contributed by atoms with Crippen LogP contribution in [0.25, 0.3) is 5.57 Å². The Bertz CT molecular complexity index is 795. The van der Waals surface area contributed by atoms with Crippen LogP contribution in [0.4, 0.5) is 5.69 Å². The lowest BCUT2D eigenvalue weighted by Crippen LogP contribution is -2.29. The van der Waals surface area contributed by atoms with Gasteiger partial charge in [-0.3, -0.25) is 14.9 Å². The maximum atomic E-state index is 12.7. The van der Waals surface area contributed by atoms with Gasteiger partial charge in [0.25, 0.3) is 5.69 Å². The van der Waals surface area contributed by atoms with Crippen LogP contribution in [0.1, 0.15) is 36.8 Å². The van der Waals surface area contributed by atoms with Crippen LogP contribution in [0.2, 0.25) is 0 Å². The van der Waals surface area contributed by atoms with Gasteiger partial charge >= 0.3 is 0 Å². The largest absolute Gasteiger partial charge is 0.299 e. The molecule has 122 valence electrons. The van der Waals surface area contributed by atoms with Gasteiger partial charge in [0, 0.05) is 24.5 Å². The van der Waals surface area contributed by atoms with Crippen molar-refractivity contribution in [3.63, 3.8) is 0 Å². The quantitative estimate of drug-likeness (QED) is 0.602. The molecule has 3 rings (SSSR count). The lowest BCUT2D eigenvalue weighted by molar-refractivity contribution is -0.384. The van der Waals surface area contributed by atoms with Crippen molar-refractivity contribution in [2.75, 3.05) is 0 Å². The van der Waals surface area contributed by atoms with E-state index in [-0.39, 0.29) is 17.4 Å². The highest BCUT2D eigenvalue weighted by atomic mass is 16.6. The van der Waals surface area contributed by atoms with Gasteiger partial charge in [-0.25, -0.2) is 0 Å². The molecule has 1 aliphatic rings. The molecule has 4 nitrogen and oxygen atoms in total. The monoisotopic (exact) mass is 321 g/mol. The molecule has 0 aliphatic heterocycles. The van der Waals surface area contributed by atoms with E-state index in [4.69, 9.17) is 0 Å². The first kappa shape index (κ1) is 16.1. The number of hydrogen-bond donors (Lipinski definition) is 0. The van der Waals surface area contributed by atoms with E-state index in [9.17, 15) is 14.9 Å². The van der Waals surface area contributed by atoms with Crippen molar-refractivity contribution < 1.29 is 9.72 Å². The van der Waals surface area contributed by atoms with Crippen LogP contribution in [-0.4, -0.2) is 10.7 Å². The van der Waals surface area contributed by atoms with Crippen molar-refractivity contribution in [3.05, 3.63) is 82.4 Å². The van der Waals surface area contributed by atoms with Gasteiger partial charge < -0.3 is 0 Å². The van der Waals surface area contributed by atoms with E-state index >= 15 is 0 Å². The Kier molecular flexibility index (Phi) is 4.06. The van der Waals surface area contributed by atoms with E-state index in [1.54, 1.807) is 12.1 Å². The van der Waals surface area contributed by atoms with Gasteiger partial charge in [0.05, 0.1) is 10.3 Å². The summed E-state index contributed by atoms with van der Waals surface area (Å²) in [5, 5.41) is 10.8. The third kappa shape index (κ3) is 2.54. The summed E-state index contributed by atoms with van der Waals surface area (Å²) in [7, 11) is 0. The van der Waals surface area contributed by atoms with Crippen LogP contribution in [0.15, 0.2) is 61.2 Å². The number of Topliss-reactive ketones (excluding diaryl/α,β-unsaturated/α-hetero) is 1. The molecule has 1 aliphatic carbocycles. The third-order valence-electron chi connectivity index (χ3n) is 5.19. The molecule has 1 fully saturated rings. The molecule has 2 aromatic carbocycles. The van der Waals surface area contributed by atoms with Crippen molar-refractivity contribution in [1.29, 1.82) is 0 Å². The molecule has 0 amide bonds. The lowest BCUT2D eigenvalue weighted by Gasteiger charge is -2.33. The summed E-state index contributed by atoms with van der Waals surface area (Å²) >= 11 is 0. The number of nitrogens with zero attached hydrogens (tertiary/aromatic N) is 1. The molecule has 0 bridgehead atoms. The zero-order valence-electron chi connectivity index (χ0n) is 13.6. The number of nitro benzene ring substituents is 1. The number of ketones is 1. The van der Waals surface area contributed by atoms with Gasteiger partial charge in [0.15, 0.2) is 0 Å². The van der Waals surface area contributed by atoms with Crippen molar-refractivity contribution in [1.82, 2.24) is 0 Å². The molecular weight excluding hydrogens is 302 g/mol. The second-order valence-electron chi connectivity index (χ2n) is 6.41. The van der Waals surface area contributed by atoms with E-state index < -0.39 is 10.3 Å². The highest BCUT2D eigenvalue weighted by molar-refractivity contribution is 6.00. The third-order valence-corrected chi connectivity index (χ3v) is 5.19. The average Bonchev–Trinajstić information content (AvgIpc) is 2.91. The number of allylic oxidation sites excluding steroid dienone is 1. The minimum Gasteiger partial charge on any atom is -0.299 e. The first-order valence-corrected chi connectivity index (χ1v) is 7.97. The summed E-state index contributed by atoms with van der Waals surface area (Å²) in [5.74, 6) is 0.258. The molecule has 0 heterocycles. The molecule has 24 heavy (non-hydrogen) atoms. The Morgan fingerprint density at radius 3 is 2.38 bits per heavy atom. The number of non-ortho nitro benzene ring substituents is 1. The predicted octanol–water partition coefficient (Wildman–Crippen LogP) is 4.76. The standard InChI is InChI=1S/C20H19NO3/c1-14(15-8-10-17(11-9-15)21(23)24)20(2)18(12-13-19(20)22)16-6-4-3-5-7-16/h3-11,18H,1,12-13H2,2H3/t18-,20-/m1/s1. The van der Waals surface area contributed by atoms with E-state index in [1.807, 2.05) is 37.3 Å². The first-order valence-electron chi connectivity index (χ1n) is 7.97. The second kappa shape index (κ2) is 6.04. The topological polar surface area (TPSA) is 60.2 Å². The fourth-order valence-electron chi connectivity index (χ4n) is 3.67. The Labute approximate surface area is 141 Å². The second-order valence-corrected chi connectivity index (χ2v) is 6.41. The first-order chi connectivity index (χ1) is 11.4. The van der Waals surface area contributed by atoms with Crippen LogP contribution in [0.5, 0.6) is 0 Å². The van der Waals surface area contributed by atoms with E-state index in [1.165, 1.54) is 12.1 Å². The zero-order chi connectivity index (χ0) is 17.3. The molecule has 0 aromatic heterocycles. The molecule has 0 saturated heterocycles. The van der Waals surface area contributed by atoms with Gasteiger partial charge in [0.1, 0.15) is 5.78 Å². The predicted molar refractivity (Wildman–Crippen MR) is 93.7 cm³/mol. The van der Waals surface area contributed by atoms with Crippen molar-refractivity contribution in [2.24, 2.45) is 5.41 Å². The van der Waals surface area contributed by atoms with Crippen molar-refractivity contribution >= 4 is 17.0 Å². The maximum Gasteiger partial charge on any atom is 0.269 e. The van der Waals surface area contributed by atoms with Crippen molar-refractivity contribution in [2.45, 2.75) is 25.7 Å². The lowest BCUT2D eigenvalue weighted by atomic mass is 9.69. The molecular formula is C20H19NO3. The molecule has 4 heteroatoms. The Morgan fingerprint density at radius 2 is 1.79 bits per heavy atom. The summed E-state index contributed by atoms with van der Waals surface area (Å²) in [4.78, 5) is 23.1. The van der Waals surface area contributed by atoms with Crippen LogP contribution < -0.4 is 0 Å². The molecule has 1 saturated carbocycles. The van der Waals surface area contributed by atoms with Gasteiger partial charge in [-0.1, -0.05) is 36.9 Å². The number of carbonyl (C=O) groups is 1. The average molecular weight is 321 g/mol. The molecule has 0 N–H and O–H groups in total. The van der Waals surface area contributed by atoms with Crippen LogP contribution in [0, 0.1) is 15.5 Å². The number of benzene rings is 2. The zero-order valence-corrected chi connectivity index (χ0v) is 13.6. The minimum absolute atomic E-state index is 0.0362. The van der Waals surface area contributed by atoms with E-state index in [0.717, 1.165) is 23.1 Å². The molecule has 0 unspecified atom stereocenters. The molecule has 2 atom stereocenters. The Morgan fingerprint density at radius 1 is 1.17 bits per heavy atom. The van der Waals surface area contributed by atoms with Gasteiger partial charge in [-0.2, -0.15) is 0 Å². The fraction of sp³-hybridized carbons (Fsp3) is 0.250. The van der Waals surface area contributed by atoms with Gasteiger partial charge in [-0.15, -0.1) is 0 Å². The summed E-state index contributed by atoms with van der Waals surface area (Å²) in [5.41, 5.74) is 1.99. The Balaban J connectivity index is 1.99. The summed E-state index contributed by atoms with van der Waals surface area (Å²) in [6.07, 6.45) is 1.33. The maximum absolute atomic E-state index is 12.7. The highest BCUT2D eigenvalue weighted by Gasteiger charge is 2.48. The van der Waals surface area contributed by atoms with Crippen molar-refractivity contribution in [3.8, 4) is 0 Å². The molecule has 0 radical (unpaired) electrons. The van der Waals surface area contributed by atoms with Crippen LogP contribution >= 0.6 is 0 Å². The van der Waals surface area contributed by atoms with E-state index in [2.05, 4.69) is 6.58 Å². The van der Waals surface area contributed by atoms with Crippen LogP contribution in [-0.2, 0) is 4.79 Å². The number of rotatable bonds is 4. The van der Waals surface area contributed by atoms with Gasteiger partial charge in [0.2, 0.25) is 0 Å². The van der Waals surface area contributed by atoms with Crippen LogP contribution in [0.3, 0.4) is 0 Å². The minimum atomic E-state index is -0.683. The number of carbonyl (C=O) groups excluding carboxylic acids is 1. The highest BCUT2D eigenvalue weighted by Crippen LogP contribution is 2.53. The number of hydrogen-bond acceptors (Lipinski definition) is 3. The SMILES string of the molecule is C=C(c1ccc([N+](=O)[O-])cc1)[C@@]1(C)C(=O)CC[C@@H]1c1ccccc1.